The zero-order valence-corrected chi connectivity index (χ0v) is 21.5. The molecule has 7 nitrogen and oxygen atoms in total. The summed E-state index contributed by atoms with van der Waals surface area (Å²) in [5, 5.41) is 17.2. The van der Waals surface area contributed by atoms with E-state index >= 15 is 0 Å². The van der Waals surface area contributed by atoms with Crippen molar-refractivity contribution in [3.8, 4) is 11.1 Å². The number of hydrogen-bond donors (Lipinski definition) is 3. The van der Waals surface area contributed by atoms with Crippen LogP contribution in [-0.2, 0) is 24.3 Å². The fourth-order valence-electron chi connectivity index (χ4n) is 4.04. The molecule has 0 radical (unpaired) electrons. The zero-order chi connectivity index (χ0) is 25.4. The van der Waals surface area contributed by atoms with E-state index < -0.39 is 5.97 Å². The molecule has 1 unspecified atom stereocenters. The molecule has 0 saturated carbocycles. The molecule has 35 heavy (non-hydrogen) atoms. The minimum Gasteiger partial charge on any atom is -0.478 e. The van der Waals surface area contributed by atoms with Crippen LogP contribution in [0.15, 0.2) is 48.5 Å². The van der Waals surface area contributed by atoms with E-state index in [1.165, 1.54) is 0 Å². The Hall–Kier alpha value is -3.13. The molecule has 0 saturated heterocycles. The minimum atomic E-state index is -0.948. The van der Waals surface area contributed by atoms with Gasteiger partial charge in [0.15, 0.2) is 5.82 Å². The van der Waals surface area contributed by atoms with Gasteiger partial charge < -0.3 is 10.4 Å². The molecule has 186 valence electrons. The number of hydrogen-bond acceptors (Lipinski definition) is 5. The van der Waals surface area contributed by atoms with Crippen molar-refractivity contribution in [2.75, 3.05) is 5.75 Å². The summed E-state index contributed by atoms with van der Waals surface area (Å²) in [6.07, 6.45) is 2.50. The highest BCUT2D eigenvalue weighted by Crippen LogP contribution is 2.24. The van der Waals surface area contributed by atoms with Crippen molar-refractivity contribution < 1.29 is 14.7 Å². The van der Waals surface area contributed by atoms with Crippen LogP contribution in [0.4, 0.5) is 0 Å². The first kappa shape index (κ1) is 26.5. The number of nitrogens with zero attached hydrogens (tertiary/aromatic N) is 3. The lowest BCUT2D eigenvalue weighted by Crippen LogP contribution is -2.33. The minimum absolute atomic E-state index is 0.0123. The summed E-state index contributed by atoms with van der Waals surface area (Å²) in [7, 11) is 0. The third-order valence-electron chi connectivity index (χ3n) is 5.79. The van der Waals surface area contributed by atoms with Gasteiger partial charge in [0.05, 0.1) is 18.7 Å². The number of nitrogens with one attached hydrogen (secondary N) is 1. The van der Waals surface area contributed by atoms with Crippen LogP contribution in [0, 0.1) is 11.8 Å². The third-order valence-corrected chi connectivity index (χ3v) is 6.23. The van der Waals surface area contributed by atoms with Gasteiger partial charge in [-0.05, 0) is 41.5 Å². The number of amides is 1. The predicted molar refractivity (Wildman–Crippen MR) is 141 cm³/mol. The number of benzene rings is 2. The van der Waals surface area contributed by atoms with Crippen LogP contribution in [-0.4, -0.2) is 37.5 Å². The van der Waals surface area contributed by atoms with Crippen LogP contribution < -0.4 is 5.32 Å². The smallest absolute Gasteiger partial charge is 0.336 e. The standard InChI is InChI=1S/C27H34N4O3S/c1-4-7-24-29-25(15-28-26(32)21(17-35)14-18(2)3)31(30-24)16-19-10-12-20(13-11-19)22-8-5-6-9-23(22)27(33)34/h5-6,8-13,18,21,35H,4,7,14-17H2,1-3H3,(H,28,32)(H,33,34). The summed E-state index contributed by atoms with van der Waals surface area (Å²) in [6, 6.07) is 14.8. The largest absolute Gasteiger partial charge is 0.478 e. The molecule has 0 bridgehead atoms. The van der Waals surface area contributed by atoms with Gasteiger partial charge in [-0.2, -0.15) is 17.7 Å². The summed E-state index contributed by atoms with van der Waals surface area (Å²) in [6.45, 7) is 7.09. The highest BCUT2D eigenvalue weighted by Gasteiger charge is 2.19. The zero-order valence-electron chi connectivity index (χ0n) is 20.6. The molecule has 0 aliphatic heterocycles. The number of carboxylic acid groups (broad SMARTS) is 1. The summed E-state index contributed by atoms with van der Waals surface area (Å²) < 4.78 is 1.84. The van der Waals surface area contributed by atoms with Crippen LogP contribution in [0.25, 0.3) is 11.1 Å². The molecule has 0 fully saturated rings. The van der Waals surface area contributed by atoms with Crippen molar-refractivity contribution in [2.24, 2.45) is 11.8 Å². The van der Waals surface area contributed by atoms with Crippen LogP contribution in [0.2, 0.25) is 0 Å². The molecule has 0 spiro atoms. The van der Waals surface area contributed by atoms with E-state index in [1.54, 1.807) is 12.1 Å². The first-order chi connectivity index (χ1) is 16.8. The number of aryl methyl sites for hydroxylation is 1. The van der Waals surface area contributed by atoms with E-state index in [4.69, 9.17) is 0 Å². The molecule has 3 aromatic rings. The third kappa shape index (κ3) is 7.18. The first-order valence-corrected chi connectivity index (χ1v) is 12.7. The quantitative estimate of drug-likeness (QED) is 0.313. The molecule has 1 amide bonds. The second kappa shape index (κ2) is 12.5. The number of thiol groups is 1. The van der Waals surface area contributed by atoms with Gasteiger partial charge in [0, 0.05) is 18.1 Å². The number of carbonyl (C=O) groups is 2. The van der Waals surface area contributed by atoms with Gasteiger partial charge in [-0.25, -0.2) is 14.5 Å². The van der Waals surface area contributed by atoms with Crippen LogP contribution in [0.1, 0.15) is 61.2 Å². The predicted octanol–water partition coefficient (Wildman–Crippen LogP) is 4.85. The number of carbonyl (C=O) groups excluding carboxylic acids is 1. The summed E-state index contributed by atoms with van der Waals surface area (Å²) in [5.41, 5.74) is 2.80. The maximum Gasteiger partial charge on any atom is 0.336 e. The lowest BCUT2D eigenvalue weighted by Gasteiger charge is -2.16. The SMILES string of the molecule is CCCc1nc(CNC(=O)C(CS)CC(C)C)n(Cc2ccc(-c3ccccc3C(=O)O)cc2)n1. The van der Waals surface area contributed by atoms with Crippen molar-refractivity contribution in [3.63, 3.8) is 0 Å². The highest BCUT2D eigenvalue weighted by molar-refractivity contribution is 7.80. The number of aromatic nitrogens is 3. The maximum atomic E-state index is 12.7. The van der Waals surface area contributed by atoms with Gasteiger partial charge in [-0.1, -0.05) is 63.2 Å². The fourth-order valence-corrected chi connectivity index (χ4v) is 4.36. The summed E-state index contributed by atoms with van der Waals surface area (Å²) in [5.74, 6) is 1.31. The van der Waals surface area contributed by atoms with E-state index in [1.807, 2.05) is 41.1 Å². The van der Waals surface area contributed by atoms with E-state index in [0.29, 0.717) is 36.1 Å². The Morgan fingerprint density at radius 3 is 2.46 bits per heavy atom. The Labute approximate surface area is 212 Å². The Morgan fingerprint density at radius 1 is 1.11 bits per heavy atom. The average Bonchev–Trinajstić information content (AvgIpc) is 3.22. The van der Waals surface area contributed by atoms with Crippen LogP contribution in [0.5, 0.6) is 0 Å². The Morgan fingerprint density at radius 2 is 1.83 bits per heavy atom. The second-order valence-electron chi connectivity index (χ2n) is 9.13. The molecule has 8 heteroatoms. The van der Waals surface area contributed by atoms with Gasteiger partial charge >= 0.3 is 5.97 Å². The molecule has 0 aliphatic rings. The Bertz CT molecular complexity index is 1140. The van der Waals surface area contributed by atoms with Gasteiger partial charge in [0.1, 0.15) is 5.82 Å². The monoisotopic (exact) mass is 494 g/mol. The van der Waals surface area contributed by atoms with E-state index in [2.05, 4.69) is 48.8 Å². The van der Waals surface area contributed by atoms with Crippen molar-refractivity contribution in [1.82, 2.24) is 20.1 Å². The second-order valence-corrected chi connectivity index (χ2v) is 9.49. The molecular weight excluding hydrogens is 460 g/mol. The maximum absolute atomic E-state index is 12.7. The average molecular weight is 495 g/mol. The van der Waals surface area contributed by atoms with Crippen molar-refractivity contribution in [3.05, 3.63) is 71.3 Å². The lowest BCUT2D eigenvalue weighted by atomic mass is 9.98. The number of rotatable bonds is 12. The summed E-state index contributed by atoms with van der Waals surface area (Å²) in [4.78, 5) is 28.9. The highest BCUT2D eigenvalue weighted by atomic mass is 32.1. The van der Waals surface area contributed by atoms with E-state index in [9.17, 15) is 14.7 Å². The molecule has 1 atom stereocenters. The molecular formula is C27H34N4O3S. The molecule has 2 N–H and O–H groups in total. The topological polar surface area (TPSA) is 97.1 Å². The van der Waals surface area contributed by atoms with Crippen molar-refractivity contribution >= 4 is 24.5 Å². The first-order valence-electron chi connectivity index (χ1n) is 12.0. The normalized spacial score (nSPS) is 12.0. The molecule has 0 aliphatic carbocycles. The van der Waals surface area contributed by atoms with E-state index in [0.717, 1.165) is 36.2 Å². The fraction of sp³-hybridized carbons (Fsp3) is 0.407. The molecule has 1 heterocycles. The van der Waals surface area contributed by atoms with Crippen molar-refractivity contribution in [2.45, 2.75) is 53.1 Å². The number of carboxylic acids is 1. The molecule has 2 aromatic carbocycles. The van der Waals surface area contributed by atoms with Gasteiger partial charge in [0.2, 0.25) is 5.91 Å². The van der Waals surface area contributed by atoms with Gasteiger partial charge in [-0.3, -0.25) is 4.79 Å². The lowest BCUT2D eigenvalue weighted by molar-refractivity contribution is -0.125. The molecule has 3 rings (SSSR count). The summed E-state index contributed by atoms with van der Waals surface area (Å²) >= 11 is 4.35. The van der Waals surface area contributed by atoms with Crippen LogP contribution in [0.3, 0.4) is 0 Å². The van der Waals surface area contributed by atoms with Gasteiger partial charge in [-0.15, -0.1) is 0 Å². The Kier molecular flexibility index (Phi) is 9.48. The number of aromatic carboxylic acids is 1. The Balaban J connectivity index is 1.76. The van der Waals surface area contributed by atoms with Gasteiger partial charge in [0.25, 0.3) is 0 Å². The van der Waals surface area contributed by atoms with Crippen LogP contribution >= 0.6 is 12.6 Å². The molecule has 1 aromatic heterocycles. The van der Waals surface area contributed by atoms with E-state index in [-0.39, 0.29) is 17.4 Å². The van der Waals surface area contributed by atoms with Crippen molar-refractivity contribution in [1.29, 1.82) is 0 Å².